The molecule has 0 spiro atoms. The highest BCUT2D eigenvalue weighted by atomic mass is 32.1. The number of halogens is 3. The summed E-state index contributed by atoms with van der Waals surface area (Å²) in [6.07, 6.45) is -5.74. The summed E-state index contributed by atoms with van der Waals surface area (Å²) >= 11 is 1.35. The van der Waals surface area contributed by atoms with Gasteiger partial charge in [0, 0.05) is 13.1 Å². The molecule has 3 N–H and O–H groups in total. The van der Waals surface area contributed by atoms with E-state index in [2.05, 4.69) is 5.32 Å². The Morgan fingerprint density at radius 2 is 2.11 bits per heavy atom. The van der Waals surface area contributed by atoms with Crippen LogP contribution in [0.25, 0.3) is 0 Å². The quantitative estimate of drug-likeness (QED) is 0.742. The van der Waals surface area contributed by atoms with Gasteiger partial charge in [-0.25, -0.2) is 0 Å². The molecule has 0 aromatic carbocycles. The normalized spacial score (nSPS) is 15.3. The minimum absolute atomic E-state index is 0.128. The summed E-state index contributed by atoms with van der Waals surface area (Å²) in [6.45, 7) is -0.892. The average Bonchev–Trinajstić information content (AvgIpc) is 2.74. The maximum absolute atomic E-state index is 12.3. The summed E-state index contributed by atoms with van der Waals surface area (Å²) in [4.78, 5) is 10.4. The highest BCUT2D eigenvalue weighted by Gasteiger charge is 2.44. The predicted octanol–water partition coefficient (Wildman–Crippen LogP) is 1.63. The fraction of sp³-hybridized carbons (Fsp3) is 0.500. The third-order valence-electron chi connectivity index (χ3n) is 2.31. The van der Waals surface area contributed by atoms with Crippen LogP contribution in [0.15, 0.2) is 16.8 Å². The molecular formula is C10H12F3NO3S. The summed E-state index contributed by atoms with van der Waals surface area (Å²) < 4.78 is 36.9. The van der Waals surface area contributed by atoms with Gasteiger partial charge < -0.3 is 15.5 Å². The minimum Gasteiger partial charge on any atom is -0.481 e. The van der Waals surface area contributed by atoms with Crippen LogP contribution in [0.3, 0.4) is 0 Å². The van der Waals surface area contributed by atoms with Crippen LogP contribution in [-0.4, -0.2) is 35.4 Å². The van der Waals surface area contributed by atoms with Crippen molar-refractivity contribution in [1.82, 2.24) is 5.32 Å². The molecular weight excluding hydrogens is 271 g/mol. The Morgan fingerprint density at radius 3 is 2.56 bits per heavy atom. The molecule has 0 saturated heterocycles. The van der Waals surface area contributed by atoms with E-state index in [-0.39, 0.29) is 6.54 Å². The van der Waals surface area contributed by atoms with E-state index in [1.54, 1.807) is 16.8 Å². The first-order chi connectivity index (χ1) is 8.32. The van der Waals surface area contributed by atoms with Crippen molar-refractivity contribution in [2.24, 2.45) is 5.92 Å². The van der Waals surface area contributed by atoms with Crippen molar-refractivity contribution in [3.63, 3.8) is 0 Å². The number of nitrogens with one attached hydrogen (secondary N) is 1. The second kappa shape index (κ2) is 6.17. The van der Waals surface area contributed by atoms with Crippen LogP contribution in [0.1, 0.15) is 11.7 Å². The molecule has 1 rings (SSSR count). The first kappa shape index (κ1) is 14.9. The van der Waals surface area contributed by atoms with E-state index in [1.165, 1.54) is 11.3 Å². The van der Waals surface area contributed by atoms with Crippen LogP contribution in [0.4, 0.5) is 13.2 Å². The van der Waals surface area contributed by atoms with Crippen LogP contribution < -0.4 is 5.32 Å². The molecule has 2 atom stereocenters. The second-order valence-corrected chi connectivity index (χ2v) is 4.44. The molecule has 0 aliphatic rings. The highest BCUT2D eigenvalue weighted by molar-refractivity contribution is 7.07. The van der Waals surface area contributed by atoms with E-state index in [9.17, 15) is 23.1 Å². The van der Waals surface area contributed by atoms with Crippen molar-refractivity contribution < 1.29 is 28.2 Å². The number of rotatable bonds is 6. The zero-order chi connectivity index (χ0) is 13.8. The Labute approximate surface area is 105 Å². The van der Waals surface area contributed by atoms with Gasteiger partial charge in [-0.05, 0) is 22.4 Å². The molecule has 0 saturated carbocycles. The van der Waals surface area contributed by atoms with Gasteiger partial charge in [0.2, 0.25) is 0 Å². The maximum atomic E-state index is 12.3. The summed E-state index contributed by atoms with van der Waals surface area (Å²) in [5.41, 5.74) is 0.589. The van der Waals surface area contributed by atoms with Crippen molar-refractivity contribution >= 4 is 17.3 Å². The smallest absolute Gasteiger partial charge is 0.403 e. The molecule has 1 heterocycles. The molecule has 0 aliphatic carbocycles. The standard InChI is InChI=1S/C10H12F3NO3S/c11-10(12,13)7(9(16)17)3-14-4-8(15)6-1-2-18-5-6/h1-2,5,7-8,14-15H,3-4H2,(H,16,17). The lowest BCUT2D eigenvalue weighted by atomic mass is 10.1. The average molecular weight is 283 g/mol. The zero-order valence-corrected chi connectivity index (χ0v) is 9.96. The lowest BCUT2D eigenvalue weighted by molar-refractivity contribution is -0.192. The Morgan fingerprint density at radius 1 is 1.44 bits per heavy atom. The number of carbonyl (C=O) groups is 1. The lowest BCUT2D eigenvalue weighted by Gasteiger charge is -2.17. The van der Waals surface area contributed by atoms with Gasteiger partial charge in [-0.15, -0.1) is 0 Å². The van der Waals surface area contributed by atoms with E-state index < -0.39 is 30.7 Å². The molecule has 2 unspecified atom stereocenters. The van der Waals surface area contributed by atoms with Gasteiger partial charge in [0.15, 0.2) is 5.92 Å². The Bertz CT molecular complexity index is 380. The number of hydrogen-bond acceptors (Lipinski definition) is 4. The van der Waals surface area contributed by atoms with Crippen molar-refractivity contribution in [3.8, 4) is 0 Å². The van der Waals surface area contributed by atoms with Gasteiger partial charge in [-0.3, -0.25) is 4.79 Å². The van der Waals surface area contributed by atoms with Crippen molar-refractivity contribution in [2.75, 3.05) is 13.1 Å². The highest BCUT2D eigenvalue weighted by Crippen LogP contribution is 2.26. The molecule has 0 fully saturated rings. The van der Waals surface area contributed by atoms with Gasteiger partial charge in [0.25, 0.3) is 0 Å². The fourth-order valence-electron chi connectivity index (χ4n) is 1.29. The molecule has 8 heteroatoms. The number of carboxylic acids is 1. The molecule has 0 aliphatic heterocycles. The third-order valence-corrected chi connectivity index (χ3v) is 3.01. The zero-order valence-electron chi connectivity index (χ0n) is 9.15. The molecule has 102 valence electrons. The van der Waals surface area contributed by atoms with Gasteiger partial charge in [-0.1, -0.05) is 0 Å². The SMILES string of the molecule is O=C(O)C(CNCC(O)c1ccsc1)C(F)(F)F. The summed E-state index contributed by atoms with van der Waals surface area (Å²) in [6, 6.07) is 1.65. The molecule has 18 heavy (non-hydrogen) atoms. The van der Waals surface area contributed by atoms with Crippen LogP contribution in [0, 0.1) is 5.92 Å². The van der Waals surface area contributed by atoms with Gasteiger partial charge in [0.1, 0.15) is 0 Å². The Hall–Kier alpha value is -1.12. The Balaban J connectivity index is 2.42. The first-order valence-electron chi connectivity index (χ1n) is 5.02. The van der Waals surface area contributed by atoms with E-state index in [0.717, 1.165) is 0 Å². The molecule has 0 amide bonds. The predicted molar refractivity (Wildman–Crippen MR) is 59.3 cm³/mol. The van der Waals surface area contributed by atoms with Gasteiger partial charge in [0.05, 0.1) is 6.10 Å². The van der Waals surface area contributed by atoms with E-state index in [1.807, 2.05) is 0 Å². The molecule has 1 aromatic heterocycles. The Kier molecular flexibility index (Phi) is 5.12. The van der Waals surface area contributed by atoms with Gasteiger partial charge in [-0.2, -0.15) is 24.5 Å². The summed E-state index contributed by atoms with van der Waals surface area (Å²) in [5, 5.41) is 23.7. The van der Waals surface area contributed by atoms with E-state index >= 15 is 0 Å². The topological polar surface area (TPSA) is 69.6 Å². The molecule has 0 radical (unpaired) electrons. The second-order valence-electron chi connectivity index (χ2n) is 3.66. The molecule has 0 bridgehead atoms. The van der Waals surface area contributed by atoms with Gasteiger partial charge >= 0.3 is 12.1 Å². The number of hydrogen-bond donors (Lipinski definition) is 3. The van der Waals surface area contributed by atoms with Crippen molar-refractivity contribution in [3.05, 3.63) is 22.4 Å². The van der Waals surface area contributed by atoms with Crippen molar-refractivity contribution in [2.45, 2.75) is 12.3 Å². The van der Waals surface area contributed by atoms with Crippen LogP contribution in [0.5, 0.6) is 0 Å². The fourth-order valence-corrected chi connectivity index (χ4v) is 2.00. The summed E-state index contributed by atoms with van der Waals surface area (Å²) in [7, 11) is 0. The molecule has 1 aromatic rings. The van der Waals surface area contributed by atoms with Crippen LogP contribution in [0.2, 0.25) is 0 Å². The minimum atomic E-state index is -4.80. The van der Waals surface area contributed by atoms with E-state index in [4.69, 9.17) is 5.11 Å². The van der Waals surface area contributed by atoms with Crippen LogP contribution in [-0.2, 0) is 4.79 Å². The summed E-state index contributed by atoms with van der Waals surface area (Å²) in [5.74, 6) is -4.40. The number of aliphatic carboxylic acids is 1. The lowest BCUT2D eigenvalue weighted by Crippen LogP contribution is -2.40. The van der Waals surface area contributed by atoms with E-state index in [0.29, 0.717) is 5.56 Å². The largest absolute Gasteiger partial charge is 0.481 e. The number of aliphatic hydroxyl groups excluding tert-OH is 1. The number of carboxylic acid groups (broad SMARTS) is 1. The third kappa shape index (κ3) is 4.28. The van der Waals surface area contributed by atoms with Crippen molar-refractivity contribution in [1.29, 1.82) is 0 Å². The van der Waals surface area contributed by atoms with Crippen LogP contribution >= 0.6 is 11.3 Å². The monoisotopic (exact) mass is 283 g/mol. The maximum Gasteiger partial charge on any atom is 0.403 e. The molecule has 4 nitrogen and oxygen atoms in total. The number of thiophene rings is 1. The number of aliphatic hydroxyl groups is 1. The first-order valence-corrected chi connectivity index (χ1v) is 5.97. The number of alkyl halides is 3.